The van der Waals surface area contributed by atoms with Gasteiger partial charge in [0.25, 0.3) is 0 Å². The molecule has 3 nitrogen and oxygen atoms in total. The van der Waals surface area contributed by atoms with E-state index in [2.05, 4.69) is 15.9 Å². The Hall–Kier alpha value is -1.03. The molecule has 1 fully saturated rings. The number of rotatable bonds is 3. The lowest BCUT2D eigenvalue weighted by Crippen LogP contribution is -2.34. The van der Waals surface area contributed by atoms with Gasteiger partial charge in [0.1, 0.15) is 0 Å². The minimum absolute atomic E-state index is 0.699. The maximum Gasteiger partial charge on any atom is 0.314 e. The van der Waals surface area contributed by atoms with Crippen molar-refractivity contribution in [1.82, 2.24) is 0 Å². The highest BCUT2D eigenvalue weighted by atomic mass is 79.9. The van der Waals surface area contributed by atoms with Crippen LogP contribution >= 0.6 is 15.9 Å². The predicted molar refractivity (Wildman–Crippen MR) is 76.3 cm³/mol. The molecule has 0 spiro atoms. The van der Waals surface area contributed by atoms with Gasteiger partial charge in [0.15, 0.2) is 0 Å². The highest BCUT2D eigenvalue weighted by Gasteiger charge is 2.45. The molecule has 18 heavy (non-hydrogen) atoms. The van der Waals surface area contributed by atoms with Gasteiger partial charge in [-0.2, -0.15) is 0 Å². The molecule has 0 atom stereocenters. The molecule has 1 aromatic carbocycles. The molecule has 0 amide bonds. The molecule has 0 heterocycles. The SMILES string of the molecule is CN(C)c1cccc(Br)c1C1(C(=O)O)CCCC1. The Labute approximate surface area is 116 Å². The normalized spacial score (nSPS) is 17.7. The van der Waals surface area contributed by atoms with Gasteiger partial charge >= 0.3 is 5.97 Å². The van der Waals surface area contributed by atoms with Gasteiger partial charge in [-0.25, -0.2) is 0 Å². The summed E-state index contributed by atoms with van der Waals surface area (Å²) < 4.78 is 0.901. The first-order valence-corrected chi connectivity index (χ1v) is 6.98. The first kappa shape index (κ1) is 13.4. The van der Waals surface area contributed by atoms with Gasteiger partial charge in [0.2, 0.25) is 0 Å². The minimum Gasteiger partial charge on any atom is -0.481 e. The van der Waals surface area contributed by atoms with Crippen molar-refractivity contribution in [3.05, 3.63) is 28.2 Å². The van der Waals surface area contributed by atoms with E-state index in [1.165, 1.54) is 0 Å². The van der Waals surface area contributed by atoms with Crippen molar-refractivity contribution in [3.63, 3.8) is 0 Å². The molecule has 1 N–H and O–H groups in total. The Balaban J connectivity index is 2.64. The van der Waals surface area contributed by atoms with Crippen LogP contribution in [-0.2, 0) is 10.2 Å². The molecule has 0 radical (unpaired) electrons. The van der Waals surface area contributed by atoms with Crippen LogP contribution in [0.1, 0.15) is 31.2 Å². The lowest BCUT2D eigenvalue weighted by Gasteiger charge is -2.30. The second-order valence-corrected chi connectivity index (χ2v) is 5.98. The standard InChI is InChI=1S/C14H18BrNO2/c1-16(2)11-7-5-6-10(15)12(11)14(13(17)18)8-3-4-9-14/h5-7H,3-4,8-9H2,1-2H3,(H,17,18). The van der Waals surface area contributed by atoms with Crippen LogP contribution in [0.5, 0.6) is 0 Å². The Kier molecular flexibility index (Phi) is 3.66. The van der Waals surface area contributed by atoms with Gasteiger partial charge in [-0.1, -0.05) is 34.8 Å². The van der Waals surface area contributed by atoms with E-state index in [1.807, 2.05) is 37.2 Å². The average molecular weight is 312 g/mol. The molecule has 1 aromatic rings. The lowest BCUT2D eigenvalue weighted by molar-refractivity contribution is -0.143. The Morgan fingerprint density at radius 1 is 1.33 bits per heavy atom. The number of halogens is 1. The fourth-order valence-electron chi connectivity index (χ4n) is 2.91. The average Bonchev–Trinajstić information content (AvgIpc) is 2.78. The maximum atomic E-state index is 11.8. The molecule has 0 aliphatic heterocycles. The van der Waals surface area contributed by atoms with Crippen molar-refractivity contribution in [1.29, 1.82) is 0 Å². The summed E-state index contributed by atoms with van der Waals surface area (Å²) in [5.74, 6) is -0.699. The fraction of sp³-hybridized carbons (Fsp3) is 0.500. The van der Waals surface area contributed by atoms with Gasteiger partial charge < -0.3 is 10.0 Å². The molecule has 0 aromatic heterocycles. The number of carboxylic acid groups (broad SMARTS) is 1. The van der Waals surface area contributed by atoms with E-state index in [0.717, 1.165) is 41.4 Å². The smallest absolute Gasteiger partial charge is 0.314 e. The Morgan fingerprint density at radius 2 is 1.94 bits per heavy atom. The number of benzene rings is 1. The zero-order valence-corrected chi connectivity index (χ0v) is 12.3. The summed E-state index contributed by atoms with van der Waals surface area (Å²) in [5, 5.41) is 9.71. The molecular weight excluding hydrogens is 294 g/mol. The Morgan fingerprint density at radius 3 is 2.44 bits per heavy atom. The summed E-state index contributed by atoms with van der Waals surface area (Å²) in [6, 6.07) is 5.88. The zero-order chi connectivity index (χ0) is 13.3. The van der Waals surface area contributed by atoms with Crippen molar-refractivity contribution < 1.29 is 9.90 Å². The quantitative estimate of drug-likeness (QED) is 0.930. The summed E-state index contributed by atoms with van der Waals surface area (Å²) in [4.78, 5) is 13.8. The third-order valence-corrected chi connectivity index (χ3v) is 4.48. The van der Waals surface area contributed by atoms with E-state index >= 15 is 0 Å². The van der Waals surface area contributed by atoms with E-state index in [0.29, 0.717) is 0 Å². The van der Waals surface area contributed by atoms with E-state index in [-0.39, 0.29) is 0 Å². The van der Waals surface area contributed by atoms with Gasteiger partial charge in [0.05, 0.1) is 5.41 Å². The van der Waals surface area contributed by atoms with Crippen LogP contribution in [-0.4, -0.2) is 25.2 Å². The molecule has 1 saturated carbocycles. The van der Waals surface area contributed by atoms with Gasteiger partial charge in [-0.05, 0) is 25.0 Å². The van der Waals surface area contributed by atoms with Crippen molar-refractivity contribution in [2.75, 3.05) is 19.0 Å². The maximum absolute atomic E-state index is 11.8. The van der Waals surface area contributed by atoms with Crippen LogP contribution in [0.3, 0.4) is 0 Å². The van der Waals surface area contributed by atoms with Gasteiger partial charge in [0, 0.05) is 29.8 Å². The third-order valence-electron chi connectivity index (χ3n) is 3.82. The van der Waals surface area contributed by atoms with E-state index in [9.17, 15) is 9.90 Å². The topological polar surface area (TPSA) is 40.5 Å². The molecule has 2 rings (SSSR count). The van der Waals surface area contributed by atoms with Gasteiger partial charge in [-0.15, -0.1) is 0 Å². The molecule has 1 aliphatic carbocycles. The van der Waals surface area contributed by atoms with E-state index in [1.54, 1.807) is 0 Å². The summed E-state index contributed by atoms with van der Waals surface area (Å²) in [5.41, 5.74) is 1.20. The van der Waals surface area contributed by atoms with Crippen LogP contribution in [0.25, 0.3) is 0 Å². The predicted octanol–water partition coefficient (Wildman–Crippen LogP) is 3.41. The van der Waals surface area contributed by atoms with Crippen LogP contribution < -0.4 is 4.90 Å². The van der Waals surface area contributed by atoms with Gasteiger partial charge in [-0.3, -0.25) is 4.79 Å². The van der Waals surface area contributed by atoms with E-state index < -0.39 is 11.4 Å². The number of carbonyl (C=O) groups is 1. The third kappa shape index (κ3) is 2.03. The molecule has 0 bridgehead atoms. The second-order valence-electron chi connectivity index (χ2n) is 5.12. The summed E-state index contributed by atoms with van der Waals surface area (Å²) >= 11 is 3.54. The molecule has 1 aliphatic rings. The van der Waals surface area contributed by atoms with Crippen molar-refractivity contribution >= 4 is 27.6 Å². The van der Waals surface area contributed by atoms with Crippen LogP contribution in [0, 0.1) is 0 Å². The summed E-state index contributed by atoms with van der Waals surface area (Å²) in [7, 11) is 3.91. The number of hydrogen-bond donors (Lipinski definition) is 1. The number of nitrogens with zero attached hydrogens (tertiary/aromatic N) is 1. The summed E-state index contributed by atoms with van der Waals surface area (Å²) in [6.07, 6.45) is 3.43. The van der Waals surface area contributed by atoms with Crippen LogP contribution in [0.4, 0.5) is 5.69 Å². The second kappa shape index (κ2) is 4.92. The molecule has 0 saturated heterocycles. The monoisotopic (exact) mass is 311 g/mol. The minimum atomic E-state index is -0.723. The summed E-state index contributed by atoms with van der Waals surface area (Å²) in [6.45, 7) is 0. The van der Waals surface area contributed by atoms with E-state index in [4.69, 9.17) is 0 Å². The first-order chi connectivity index (χ1) is 8.49. The number of anilines is 1. The fourth-order valence-corrected chi connectivity index (χ4v) is 3.64. The highest BCUT2D eigenvalue weighted by molar-refractivity contribution is 9.10. The largest absolute Gasteiger partial charge is 0.481 e. The number of carboxylic acids is 1. The number of hydrogen-bond acceptors (Lipinski definition) is 2. The Bertz CT molecular complexity index is 465. The highest BCUT2D eigenvalue weighted by Crippen LogP contribution is 2.47. The number of aliphatic carboxylic acids is 1. The van der Waals surface area contributed by atoms with Crippen molar-refractivity contribution in [2.24, 2.45) is 0 Å². The molecular formula is C14H18BrNO2. The first-order valence-electron chi connectivity index (χ1n) is 6.19. The van der Waals surface area contributed by atoms with Crippen molar-refractivity contribution in [2.45, 2.75) is 31.1 Å². The molecule has 0 unspecified atom stereocenters. The molecule has 4 heteroatoms. The molecule has 98 valence electrons. The van der Waals surface area contributed by atoms with Crippen LogP contribution in [0.15, 0.2) is 22.7 Å². The zero-order valence-electron chi connectivity index (χ0n) is 10.7. The van der Waals surface area contributed by atoms with Crippen molar-refractivity contribution in [3.8, 4) is 0 Å². The lowest BCUT2D eigenvalue weighted by atomic mass is 9.78. The van der Waals surface area contributed by atoms with Crippen LogP contribution in [0.2, 0.25) is 0 Å².